The third kappa shape index (κ3) is 4.04. The maximum absolute atomic E-state index is 13.8. The molecule has 0 spiro atoms. The molecule has 1 fully saturated rings. The number of aromatic hydroxyl groups is 1. The lowest BCUT2D eigenvalue weighted by atomic mass is 9.71. The first-order chi connectivity index (χ1) is 23.2. The van der Waals surface area contributed by atoms with Gasteiger partial charge in [0.1, 0.15) is 11.8 Å². The van der Waals surface area contributed by atoms with Crippen LogP contribution in [-0.2, 0) is 17.6 Å². The average Bonchev–Trinajstić information content (AvgIpc) is 3.66. The highest BCUT2D eigenvalue weighted by Crippen LogP contribution is 2.58. The molecule has 248 valence electrons. The van der Waals surface area contributed by atoms with Crippen LogP contribution in [0.1, 0.15) is 66.2 Å². The lowest BCUT2D eigenvalue weighted by Gasteiger charge is -2.60. The Balaban J connectivity index is 1.35. The first-order valence-electron chi connectivity index (χ1n) is 16.0. The molecule has 2 bridgehead atoms. The van der Waals surface area contributed by atoms with Gasteiger partial charge in [0.15, 0.2) is 29.8 Å². The third-order valence-electron chi connectivity index (χ3n) is 10.8. The Morgan fingerprint density at radius 3 is 2.38 bits per heavy atom. The van der Waals surface area contributed by atoms with Crippen molar-refractivity contribution in [3.8, 4) is 34.8 Å². The van der Waals surface area contributed by atoms with Gasteiger partial charge in [-0.2, -0.15) is 5.26 Å². The largest absolute Gasteiger partial charge is 0.507 e. The number of nitriles is 1. The molecule has 12 heteroatoms. The van der Waals surface area contributed by atoms with Crippen LogP contribution < -0.4 is 18.9 Å². The number of methoxy groups -OCH3 is 2. The zero-order valence-electron chi connectivity index (χ0n) is 27.4. The van der Waals surface area contributed by atoms with Gasteiger partial charge in [0.05, 0.1) is 36.4 Å². The van der Waals surface area contributed by atoms with Gasteiger partial charge in [0, 0.05) is 48.0 Å². The Kier molecular flexibility index (Phi) is 7.07. The number of carbonyl (C=O) groups is 2. The van der Waals surface area contributed by atoms with Gasteiger partial charge >= 0.3 is 0 Å². The summed E-state index contributed by atoms with van der Waals surface area (Å²) in [5, 5.41) is 22.7. The summed E-state index contributed by atoms with van der Waals surface area (Å²) in [6.07, 6.45) is 0.915. The Morgan fingerprint density at radius 2 is 1.71 bits per heavy atom. The molecule has 3 aromatic rings. The predicted octanol–water partition coefficient (Wildman–Crippen LogP) is 3.80. The van der Waals surface area contributed by atoms with Gasteiger partial charge in [-0.15, -0.1) is 0 Å². The van der Waals surface area contributed by atoms with E-state index in [1.54, 1.807) is 45.4 Å². The summed E-state index contributed by atoms with van der Waals surface area (Å²) in [6.45, 7) is 3.69. The number of hydrogen-bond donors (Lipinski definition) is 1. The average molecular weight is 653 g/mol. The molecule has 0 aromatic heterocycles. The molecule has 5 atom stereocenters. The van der Waals surface area contributed by atoms with E-state index < -0.39 is 23.9 Å². The number of fused-ring (bicyclic) bond motifs is 10. The number of phenolic OH excluding ortho intramolecular Hbond substituents is 1. The minimum absolute atomic E-state index is 0.00990. The van der Waals surface area contributed by atoms with E-state index in [0.29, 0.717) is 63.7 Å². The standard InChI is InChI=1S/C36H36N4O8/c1-17-10-19-11-23-25(13-37)40-24(29(38(23)3)27(19)33(31(17)45-5)46-15-44-4)12-22-28(34-32(47-16-48-34)18(2)30(22)41)26(40)14-39-35(42)20-8-6-7-9-21(20)36(39)43/h6-10,23-26,29,41H,11-12,14-16H2,1-5H3/t23-,24-,25-,26-,29-/m0/s1. The lowest BCUT2D eigenvalue weighted by Crippen LogP contribution is -2.69. The SMILES string of the molecule is COCOc1c(OC)c(C)cc2c1[C@@H]1[C@@H]3Cc4c(O)c(C)c5c(c4[C@H](CN4C(=O)c6ccccc6C4=O)N3[C@@H](C#N)[C@H](C2)N1C)OCO5. The second kappa shape index (κ2) is 11.1. The molecule has 0 radical (unpaired) electrons. The van der Waals surface area contributed by atoms with Crippen molar-refractivity contribution in [3.63, 3.8) is 0 Å². The molecule has 5 heterocycles. The van der Waals surface area contributed by atoms with Crippen molar-refractivity contribution in [2.75, 3.05) is 41.4 Å². The highest BCUT2D eigenvalue weighted by molar-refractivity contribution is 6.21. The molecule has 12 nitrogen and oxygen atoms in total. The molecule has 5 aliphatic heterocycles. The van der Waals surface area contributed by atoms with Crippen molar-refractivity contribution in [2.24, 2.45) is 0 Å². The number of nitrogens with zero attached hydrogens (tertiary/aromatic N) is 4. The van der Waals surface area contributed by atoms with E-state index in [1.807, 2.05) is 14.0 Å². The van der Waals surface area contributed by atoms with E-state index in [1.165, 1.54) is 4.90 Å². The number of benzene rings is 3. The van der Waals surface area contributed by atoms with Gasteiger partial charge in [0.2, 0.25) is 6.79 Å². The minimum atomic E-state index is -0.691. The summed E-state index contributed by atoms with van der Waals surface area (Å²) >= 11 is 0. The second-order valence-electron chi connectivity index (χ2n) is 13.1. The van der Waals surface area contributed by atoms with E-state index in [9.17, 15) is 20.0 Å². The summed E-state index contributed by atoms with van der Waals surface area (Å²) in [5.41, 5.74) is 5.42. The van der Waals surface area contributed by atoms with Gasteiger partial charge in [-0.1, -0.05) is 18.2 Å². The van der Waals surface area contributed by atoms with Crippen molar-refractivity contribution in [2.45, 2.75) is 56.9 Å². The van der Waals surface area contributed by atoms with Gasteiger partial charge in [-0.05, 0) is 57.0 Å². The van der Waals surface area contributed by atoms with E-state index in [0.717, 1.165) is 16.7 Å². The molecular weight excluding hydrogens is 616 g/mol. The maximum atomic E-state index is 13.8. The van der Waals surface area contributed by atoms with Crippen LogP contribution in [-0.4, -0.2) is 91.1 Å². The van der Waals surface area contributed by atoms with Crippen molar-refractivity contribution >= 4 is 11.8 Å². The molecule has 0 unspecified atom stereocenters. The Morgan fingerprint density at radius 1 is 1.00 bits per heavy atom. The zero-order valence-corrected chi connectivity index (χ0v) is 27.4. The Hall–Kier alpha value is -4.83. The van der Waals surface area contributed by atoms with Crippen LogP contribution in [0.4, 0.5) is 0 Å². The highest BCUT2D eigenvalue weighted by Gasteiger charge is 2.57. The Bertz CT molecular complexity index is 1900. The van der Waals surface area contributed by atoms with Crippen LogP contribution in [0.15, 0.2) is 30.3 Å². The van der Waals surface area contributed by atoms with E-state index >= 15 is 0 Å². The third-order valence-corrected chi connectivity index (χ3v) is 10.8. The van der Waals surface area contributed by atoms with Gasteiger partial charge < -0.3 is 28.8 Å². The number of rotatable bonds is 6. The number of phenols is 1. The second-order valence-corrected chi connectivity index (χ2v) is 13.1. The number of ether oxygens (including phenoxy) is 5. The van der Waals surface area contributed by atoms with Gasteiger partial charge in [0.25, 0.3) is 11.8 Å². The number of likely N-dealkylation sites (N-methyl/N-ethyl adjacent to an activating group) is 1. The first kappa shape index (κ1) is 30.5. The van der Waals surface area contributed by atoms with E-state index in [4.69, 9.17) is 23.7 Å². The summed E-state index contributed by atoms with van der Waals surface area (Å²) in [4.78, 5) is 33.2. The smallest absolute Gasteiger partial charge is 0.261 e. The molecule has 48 heavy (non-hydrogen) atoms. The molecular formula is C36H36N4O8. The number of hydrogen-bond acceptors (Lipinski definition) is 11. The predicted molar refractivity (Wildman–Crippen MR) is 170 cm³/mol. The number of aryl methyl sites for hydroxylation is 1. The van der Waals surface area contributed by atoms with Crippen molar-refractivity contribution in [3.05, 3.63) is 74.8 Å². The quantitative estimate of drug-likeness (QED) is 0.308. The maximum Gasteiger partial charge on any atom is 0.261 e. The van der Waals surface area contributed by atoms with Crippen molar-refractivity contribution in [1.82, 2.24) is 14.7 Å². The number of piperazine rings is 1. The van der Waals surface area contributed by atoms with Gasteiger partial charge in [-0.3, -0.25) is 24.3 Å². The van der Waals surface area contributed by atoms with Crippen LogP contribution >= 0.6 is 0 Å². The van der Waals surface area contributed by atoms with Crippen molar-refractivity contribution in [1.29, 1.82) is 5.26 Å². The van der Waals surface area contributed by atoms with Crippen LogP contribution in [0, 0.1) is 25.2 Å². The van der Waals surface area contributed by atoms with E-state index in [2.05, 4.69) is 21.9 Å². The number of amides is 2. The summed E-state index contributed by atoms with van der Waals surface area (Å²) in [7, 11) is 5.20. The summed E-state index contributed by atoms with van der Waals surface area (Å²) < 4.78 is 29.4. The number of imide groups is 1. The van der Waals surface area contributed by atoms with Crippen LogP contribution in [0.25, 0.3) is 0 Å². The fraction of sp³-hybridized carbons (Fsp3) is 0.417. The zero-order chi connectivity index (χ0) is 33.6. The van der Waals surface area contributed by atoms with Crippen LogP contribution in [0.3, 0.4) is 0 Å². The fourth-order valence-electron chi connectivity index (χ4n) is 8.84. The summed E-state index contributed by atoms with van der Waals surface area (Å²) in [5.74, 6) is 1.37. The Labute approximate surface area is 277 Å². The lowest BCUT2D eigenvalue weighted by molar-refractivity contribution is -0.0766. The monoisotopic (exact) mass is 652 g/mol. The van der Waals surface area contributed by atoms with Crippen LogP contribution in [0.2, 0.25) is 0 Å². The van der Waals surface area contributed by atoms with E-state index in [-0.39, 0.29) is 44.0 Å². The fourth-order valence-corrected chi connectivity index (χ4v) is 8.84. The van der Waals surface area contributed by atoms with Crippen LogP contribution in [0.5, 0.6) is 28.7 Å². The normalized spacial score (nSPS) is 25.2. The van der Waals surface area contributed by atoms with Gasteiger partial charge in [-0.25, -0.2) is 0 Å². The first-order valence-corrected chi connectivity index (χ1v) is 16.0. The molecule has 5 aliphatic rings. The summed E-state index contributed by atoms with van der Waals surface area (Å²) in [6, 6.07) is 9.25. The molecule has 8 rings (SSSR count). The molecule has 0 saturated carbocycles. The molecule has 1 N–H and O–H groups in total. The molecule has 0 aliphatic carbocycles. The number of carbonyl (C=O) groups excluding carboxylic acids is 2. The molecule has 3 aromatic carbocycles. The minimum Gasteiger partial charge on any atom is -0.507 e. The topological polar surface area (TPSA) is 134 Å². The molecule has 1 saturated heterocycles. The van der Waals surface area contributed by atoms with Crippen molar-refractivity contribution < 1.29 is 38.4 Å². The molecule has 2 amide bonds. The highest BCUT2D eigenvalue weighted by atomic mass is 16.7.